The summed E-state index contributed by atoms with van der Waals surface area (Å²) in [7, 11) is -2.42. The molecule has 0 saturated carbocycles. The van der Waals surface area contributed by atoms with Crippen LogP contribution in [0, 0.1) is 0 Å². The van der Waals surface area contributed by atoms with E-state index in [1.54, 1.807) is 17.6 Å². The van der Waals surface area contributed by atoms with Crippen molar-refractivity contribution in [3.63, 3.8) is 0 Å². The van der Waals surface area contributed by atoms with Gasteiger partial charge in [-0.3, -0.25) is 4.72 Å². The second-order valence-electron chi connectivity index (χ2n) is 4.04. The Morgan fingerprint density at radius 3 is 2.86 bits per heavy atom. The zero-order valence-electron chi connectivity index (χ0n) is 10.4. The average Bonchev–Trinajstić information content (AvgIpc) is 3.00. The number of sulfonamides is 1. The number of nitrogens with one attached hydrogen (secondary N) is 1. The van der Waals surface area contributed by atoms with E-state index in [2.05, 4.69) is 35.9 Å². The molecule has 1 N–H and O–H groups in total. The van der Waals surface area contributed by atoms with Crippen LogP contribution >= 0.6 is 38.9 Å². The van der Waals surface area contributed by atoms with E-state index >= 15 is 0 Å². The van der Waals surface area contributed by atoms with E-state index in [-0.39, 0.29) is 20.3 Å². The third-order valence-corrected chi connectivity index (χ3v) is 6.02. The highest BCUT2D eigenvalue weighted by Crippen LogP contribution is 2.34. The molecule has 0 aliphatic carbocycles. The predicted octanol–water partition coefficient (Wildman–Crippen LogP) is 2.64. The number of thiazole rings is 1. The van der Waals surface area contributed by atoms with Gasteiger partial charge in [-0.2, -0.15) is 8.42 Å². The zero-order valence-corrected chi connectivity index (χ0v) is 14.4. The number of fused-ring (bicyclic) bond motifs is 1. The molecule has 0 saturated heterocycles. The van der Waals surface area contributed by atoms with Gasteiger partial charge in [-0.25, -0.2) is 9.67 Å². The van der Waals surface area contributed by atoms with Crippen molar-refractivity contribution >= 4 is 64.8 Å². The monoisotopic (exact) mass is 407 g/mol. The molecular weight excluding hydrogens is 402 g/mol. The Balaban J connectivity index is 2.14. The Kier molecular flexibility index (Phi) is 3.64. The van der Waals surface area contributed by atoms with Crippen LogP contribution in [-0.4, -0.2) is 28.4 Å². The predicted molar refractivity (Wildman–Crippen MR) is 84.1 cm³/mol. The molecule has 3 rings (SSSR count). The van der Waals surface area contributed by atoms with Crippen molar-refractivity contribution in [2.75, 3.05) is 4.72 Å². The standard InChI is InChI=1S/C10H7BrClN5O2S2/c1-17-10(9(11)14-16-17)21(18,19)15-7-5(12)2-3-6-8(7)13-4-20-6/h2-4,15H,1H3. The summed E-state index contributed by atoms with van der Waals surface area (Å²) in [6, 6.07) is 3.41. The minimum atomic E-state index is -3.90. The van der Waals surface area contributed by atoms with Gasteiger partial charge in [0.05, 0.1) is 20.9 Å². The minimum absolute atomic E-state index is 0.0919. The number of hydrogen-bond acceptors (Lipinski definition) is 6. The highest BCUT2D eigenvalue weighted by Gasteiger charge is 2.26. The molecule has 7 nitrogen and oxygen atoms in total. The van der Waals surface area contributed by atoms with E-state index in [0.29, 0.717) is 5.52 Å². The van der Waals surface area contributed by atoms with Gasteiger partial charge < -0.3 is 0 Å². The molecule has 2 aromatic heterocycles. The lowest BCUT2D eigenvalue weighted by Crippen LogP contribution is -2.17. The van der Waals surface area contributed by atoms with Crippen molar-refractivity contribution in [1.29, 1.82) is 0 Å². The number of anilines is 1. The molecule has 0 radical (unpaired) electrons. The molecule has 0 unspecified atom stereocenters. The molecular formula is C10H7BrClN5O2S2. The van der Waals surface area contributed by atoms with Gasteiger partial charge in [-0.1, -0.05) is 16.8 Å². The van der Waals surface area contributed by atoms with E-state index in [1.807, 2.05) is 0 Å². The zero-order chi connectivity index (χ0) is 15.2. The van der Waals surface area contributed by atoms with Gasteiger partial charge in [-0.15, -0.1) is 16.4 Å². The van der Waals surface area contributed by atoms with Gasteiger partial charge >= 0.3 is 0 Å². The lowest BCUT2D eigenvalue weighted by Gasteiger charge is -2.10. The maximum atomic E-state index is 12.5. The molecule has 110 valence electrons. The maximum Gasteiger partial charge on any atom is 0.282 e. The lowest BCUT2D eigenvalue weighted by atomic mass is 10.3. The summed E-state index contributed by atoms with van der Waals surface area (Å²) in [5, 5.41) is 7.49. The second-order valence-corrected chi connectivity index (χ2v) is 7.68. The Bertz CT molecular complexity index is 917. The molecule has 21 heavy (non-hydrogen) atoms. The summed E-state index contributed by atoms with van der Waals surface area (Å²) in [6.45, 7) is 0. The van der Waals surface area contributed by atoms with E-state index in [4.69, 9.17) is 11.6 Å². The van der Waals surface area contributed by atoms with Crippen molar-refractivity contribution in [2.45, 2.75) is 5.03 Å². The fourth-order valence-electron chi connectivity index (χ4n) is 1.79. The van der Waals surface area contributed by atoms with Crippen LogP contribution in [0.1, 0.15) is 0 Å². The van der Waals surface area contributed by atoms with Crippen molar-refractivity contribution < 1.29 is 8.42 Å². The van der Waals surface area contributed by atoms with E-state index in [1.165, 1.54) is 18.4 Å². The number of aryl methyl sites for hydroxylation is 1. The first kappa shape index (κ1) is 14.7. The summed E-state index contributed by atoms with van der Waals surface area (Å²) >= 11 is 10.6. The Morgan fingerprint density at radius 1 is 1.43 bits per heavy atom. The van der Waals surface area contributed by atoms with E-state index in [9.17, 15) is 8.42 Å². The molecule has 2 heterocycles. The molecule has 0 atom stereocenters. The lowest BCUT2D eigenvalue weighted by molar-refractivity contribution is 0.578. The first-order valence-corrected chi connectivity index (χ1v) is 9.03. The van der Waals surface area contributed by atoms with Crippen LogP contribution < -0.4 is 4.72 Å². The fraction of sp³-hybridized carbons (Fsp3) is 0.100. The van der Waals surface area contributed by atoms with Crippen LogP contribution in [0.3, 0.4) is 0 Å². The Morgan fingerprint density at radius 2 is 2.19 bits per heavy atom. The smallest absolute Gasteiger partial charge is 0.274 e. The van der Waals surface area contributed by atoms with Crippen LogP contribution in [-0.2, 0) is 17.1 Å². The minimum Gasteiger partial charge on any atom is -0.274 e. The summed E-state index contributed by atoms with van der Waals surface area (Å²) in [6.07, 6.45) is 0. The second kappa shape index (κ2) is 5.20. The van der Waals surface area contributed by atoms with Gasteiger partial charge in [0.2, 0.25) is 5.03 Å². The van der Waals surface area contributed by atoms with Crippen LogP contribution in [0.25, 0.3) is 10.2 Å². The van der Waals surface area contributed by atoms with Gasteiger partial charge in [0.25, 0.3) is 10.0 Å². The quantitative estimate of drug-likeness (QED) is 0.719. The number of aromatic nitrogens is 4. The van der Waals surface area contributed by atoms with Crippen molar-refractivity contribution in [3.8, 4) is 0 Å². The number of rotatable bonds is 3. The van der Waals surface area contributed by atoms with Gasteiger partial charge in [0.1, 0.15) is 5.52 Å². The molecule has 0 spiro atoms. The summed E-state index contributed by atoms with van der Waals surface area (Å²) in [4.78, 5) is 4.15. The molecule has 0 fully saturated rings. The van der Waals surface area contributed by atoms with Crippen LogP contribution in [0.2, 0.25) is 5.02 Å². The van der Waals surface area contributed by atoms with Crippen LogP contribution in [0.15, 0.2) is 27.3 Å². The molecule has 0 amide bonds. The summed E-state index contributed by atoms with van der Waals surface area (Å²) in [5.74, 6) is 0. The number of benzene rings is 1. The normalized spacial score (nSPS) is 12.0. The third kappa shape index (κ3) is 2.52. The van der Waals surface area contributed by atoms with Gasteiger partial charge in [0, 0.05) is 7.05 Å². The first-order valence-electron chi connectivity index (χ1n) is 5.50. The molecule has 0 bridgehead atoms. The molecule has 3 aromatic rings. The highest BCUT2D eigenvalue weighted by atomic mass is 79.9. The molecule has 0 aliphatic rings. The van der Waals surface area contributed by atoms with Crippen LogP contribution in [0.4, 0.5) is 5.69 Å². The van der Waals surface area contributed by atoms with Crippen LogP contribution in [0.5, 0.6) is 0 Å². The van der Waals surface area contributed by atoms with Gasteiger partial charge in [-0.05, 0) is 28.1 Å². The Hall–Kier alpha value is -1.23. The topological polar surface area (TPSA) is 89.8 Å². The molecule has 1 aromatic carbocycles. The van der Waals surface area contributed by atoms with E-state index in [0.717, 1.165) is 9.38 Å². The first-order chi connectivity index (χ1) is 9.90. The fourth-order valence-corrected chi connectivity index (χ4v) is 4.92. The van der Waals surface area contributed by atoms with Crippen molar-refractivity contribution in [3.05, 3.63) is 27.3 Å². The largest absolute Gasteiger partial charge is 0.282 e. The SMILES string of the molecule is Cn1nnc(Br)c1S(=O)(=O)Nc1c(Cl)ccc2scnc12. The third-order valence-electron chi connectivity index (χ3n) is 2.68. The van der Waals surface area contributed by atoms with Gasteiger partial charge in [0.15, 0.2) is 4.60 Å². The number of hydrogen-bond donors (Lipinski definition) is 1. The summed E-state index contributed by atoms with van der Waals surface area (Å²) in [5.41, 5.74) is 2.37. The summed E-state index contributed by atoms with van der Waals surface area (Å²) < 4.78 is 29.6. The molecule has 0 aliphatic heterocycles. The van der Waals surface area contributed by atoms with E-state index < -0.39 is 10.0 Å². The molecule has 11 heteroatoms. The maximum absolute atomic E-state index is 12.5. The van der Waals surface area contributed by atoms with Crippen molar-refractivity contribution in [1.82, 2.24) is 20.0 Å². The average molecular weight is 409 g/mol. The van der Waals surface area contributed by atoms with Crippen molar-refractivity contribution in [2.24, 2.45) is 7.05 Å². The number of halogens is 2. The number of nitrogens with zero attached hydrogens (tertiary/aromatic N) is 4. The Labute approximate surface area is 137 Å². The highest BCUT2D eigenvalue weighted by molar-refractivity contribution is 9.10.